The number of aliphatic hydroxyl groups excluding tert-OH is 1. The highest BCUT2D eigenvalue weighted by molar-refractivity contribution is 4.61. The summed E-state index contributed by atoms with van der Waals surface area (Å²) >= 11 is 0. The van der Waals surface area contributed by atoms with Gasteiger partial charge >= 0.3 is 0 Å². The van der Waals surface area contributed by atoms with Crippen molar-refractivity contribution in [3.05, 3.63) is 0 Å². The summed E-state index contributed by atoms with van der Waals surface area (Å²) in [6.45, 7) is 5.60. The summed E-state index contributed by atoms with van der Waals surface area (Å²) in [5.41, 5.74) is 0. The van der Waals surface area contributed by atoms with E-state index >= 15 is 0 Å². The fraction of sp³-hybridized carbons (Fsp3) is 1.00. The van der Waals surface area contributed by atoms with E-state index in [9.17, 15) is 0 Å². The van der Waals surface area contributed by atoms with Gasteiger partial charge in [0.25, 0.3) is 0 Å². The monoisotopic (exact) mass is 159 g/mol. The minimum absolute atomic E-state index is 0.266. The quantitative estimate of drug-likeness (QED) is 0.552. The van der Waals surface area contributed by atoms with Crippen LogP contribution in [-0.2, 0) is 0 Å². The molecule has 0 aromatic carbocycles. The molecule has 0 amide bonds. The molecule has 0 saturated carbocycles. The van der Waals surface area contributed by atoms with E-state index in [1.165, 1.54) is 19.3 Å². The molecule has 68 valence electrons. The van der Waals surface area contributed by atoms with Gasteiger partial charge in [-0.2, -0.15) is 0 Å². The smallest absolute Gasteiger partial charge is 0.0584 e. The zero-order chi connectivity index (χ0) is 8.53. The van der Waals surface area contributed by atoms with Crippen LogP contribution < -0.4 is 5.32 Å². The van der Waals surface area contributed by atoms with Gasteiger partial charge < -0.3 is 10.4 Å². The maximum Gasteiger partial charge on any atom is 0.0584 e. The SMILES string of the molecule is CCCCCNC(CC)CO. The van der Waals surface area contributed by atoms with Gasteiger partial charge in [-0.3, -0.25) is 0 Å². The van der Waals surface area contributed by atoms with E-state index in [1.807, 2.05) is 0 Å². The largest absolute Gasteiger partial charge is 0.395 e. The lowest BCUT2D eigenvalue weighted by Gasteiger charge is -2.12. The lowest BCUT2D eigenvalue weighted by atomic mass is 10.2. The Balaban J connectivity index is 3.07. The Kier molecular flexibility index (Phi) is 7.96. The van der Waals surface area contributed by atoms with Gasteiger partial charge in [-0.15, -0.1) is 0 Å². The highest BCUT2D eigenvalue weighted by Crippen LogP contribution is 1.94. The van der Waals surface area contributed by atoms with E-state index in [4.69, 9.17) is 5.11 Å². The van der Waals surface area contributed by atoms with Gasteiger partial charge in [-0.25, -0.2) is 0 Å². The summed E-state index contributed by atoms with van der Waals surface area (Å²) in [5.74, 6) is 0. The highest BCUT2D eigenvalue weighted by Gasteiger charge is 2.00. The van der Waals surface area contributed by atoms with Crippen LogP contribution in [0.3, 0.4) is 0 Å². The Morgan fingerprint density at radius 3 is 2.45 bits per heavy atom. The van der Waals surface area contributed by atoms with Crippen molar-refractivity contribution in [2.24, 2.45) is 0 Å². The minimum atomic E-state index is 0.266. The summed E-state index contributed by atoms with van der Waals surface area (Å²) < 4.78 is 0. The molecule has 1 unspecified atom stereocenters. The Morgan fingerprint density at radius 2 is 2.00 bits per heavy atom. The van der Waals surface area contributed by atoms with Gasteiger partial charge in [-0.05, 0) is 19.4 Å². The molecule has 0 radical (unpaired) electrons. The molecular formula is C9H21NO. The highest BCUT2D eigenvalue weighted by atomic mass is 16.3. The average molecular weight is 159 g/mol. The van der Waals surface area contributed by atoms with Crippen LogP contribution in [-0.4, -0.2) is 24.3 Å². The maximum atomic E-state index is 8.82. The Bertz CT molecular complexity index is 72.0. The molecule has 0 aliphatic rings. The van der Waals surface area contributed by atoms with Crippen LogP contribution in [0.1, 0.15) is 39.5 Å². The first-order valence-corrected chi connectivity index (χ1v) is 4.69. The Morgan fingerprint density at radius 1 is 1.27 bits per heavy atom. The van der Waals surface area contributed by atoms with E-state index in [0.29, 0.717) is 6.04 Å². The van der Waals surface area contributed by atoms with Crippen molar-refractivity contribution in [1.29, 1.82) is 0 Å². The first-order chi connectivity index (χ1) is 5.35. The molecule has 2 N–H and O–H groups in total. The van der Waals surface area contributed by atoms with Gasteiger partial charge in [0, 0.05) is 6.04 Å². The van der Waals surface area contributed by atoms with Crippen molar-refractivity contribution < 1.29 is 5.11 Å². The second kappa shape index (κ2) is 8.02. The zero-order valence-corrected chi connectivity index (χ0v) is 7.77. The predicted molar refractivity (Wildman–Crippen MR) is 48.7 cm³/mol. The van der Waals surface area contributed by atoms with Crippen molar-refractivity contribution in [2.75, 3.05) is 13.2 Å². The van der Waals surface area contributed by atoms with E-state index in [-0.39, 0.29) is 6.61 Å². The van der Waals surface area contributed by atoms with Crippen LogP contribution in [0, 0.1) is 0 Å². The summed E-state index contributed by atoms with van der Waals surface area (Å²) in [6, 6.07) is 0.312. The van der Waals surface area contributed by atoms with Crippen LogP contribution in [0.4, 0.5) is 0 Å². The normalized spacial score (nSPS) is 13.4. The molecule has 0 aromatic heterocycles. The number of hydrogen-bond acceptors (Lipinski definition) is 2. The number of nitrogens with one attached hydrogen (secondary N) is 1. The standard InChI is InChI=1S/C9H21NO/c1-3-5-6-7-10-9(4-2)8-11/h9-11H,3-8H2,1-2H3. The van der Waals surface area contributed by atoms with Gasteiger partial charge in [0.1, 0.15) is 0 Å². The third kappa shape index (κ3) is 6.32. The fourth-order valence-electron chi connectivity index (χ4n) is 1.02. The molecule has 0 bridgehead atoms. The predicted octanol–water partition coefficient (Wildman–Crippen LogP) is 1.54. The number of rotatable bonds is 7. The summed E-state index contributed by atoms with van der Waals surface area (Å²) in [4.78, 5) is 0. The fourth-order valence-corrected chi connectivity index (χ4v) is 1.02. The lowest BCUT2D eigenvalue weighted by Crippen LogP contribution is -2.32. The van der Waals surface area contributed by atoms with Crippen molar-refractivity contribution >= 4 is 0 Å². The van der Waals surface area contributed by atoms with Crippen molar-refractivity contribution in [3.63, 3.8) is 0 Å². The number of hydrogen-bond donors (Lipinski definition) is 2. The third-order valence-electron chi connectivity index (χ3n) is 1.93. The van der Waals surface area contributed by atoms with Crippen LogP contribution in [0.2, 0.25) is 0 Å². The van der Waals surface area contributed by atoms with E-state index in [1.54, 1.807) is 0 Å². The topological polar surface area (TPSA) is 32.3 Å². The Hall–Kier alpha value is -0.0800. The van der Waals surface area contributed by atoms with Gasteiger partial charge in [0.05, 0.1) is 6.61 Å². The molecule has 0 rings (SSSR count). The molecule has 1 atom stereocenters. The second-order valence-corrected chi connectivity index (χ2v) is 2.95. The summed E-state index contributed by atoms with van der Waals surface area (Å²) in [7, 11) is 0. The second-order valence-electron chi connectivity index (χ2n) is 2.95. The van der Waals surface area contributed by atoms with Crippen LogP contribution >= 0.6 is 0 Å². The molecule has 0 heterocycles. The summed E-state index contributed by atoms with van der Waals surface area (Å²) in [6.07, 6.45) is 4.79. The number of unbranched alkanes of at least 4 members (excludes halogenated alkanes) is 2. The molecule has 0 saturated heterocycles. The molecule has 11 heavy (non-hydrogen) atoms. The Labute approximate surface area is 70.0 Å². The maximum absolute atomic E-state index is 8.82. The van der Waals surface area contributed by atoms with Crippen molar-refractivity contribution in [1.82, 2.24) is 5.32 Å². The van der Waals surface area contributed by atoms with Gasteiger partial charge in [-0.1, -0.05) is 26.7 Å². The molecular weight excluding hydrogens is 138 g/mol. The van der Waals surface area contributed by atoms with Crippen LogP contribution in [0.25, 0.3) is 0 Å². The lowest BCUT2D eigenvalue weighted by molar-refractivity contribution is 0.239. The summed E-state index contributed by atoms with van der Waals surface area (Å²) in [5, 5.41) is 12.1. The zero-order valence-electron chi connectivity index (χ0n) is 7.77. The minimum Gasteiger partial charge on any atom is -0.395 e. The first-order valence-electron chi connectivity index (χ1n) is 4.69. The molecule has 0 aliphatic heterocycles. The third-order valence-corrected chi connectivity index (χ3v) is 1.93. The number of aliphatic hydroxyl groups is 1. The first kappa shape index (κ1) is 10.9. The van der Waals surface area contributed by atoms with E-state index in [0.717, 1.165) is 13.0 Å². The van der Waals surface area contributed by atoms with Gasteiger partial charge in [0.15, 0.2) is 0 Å². The molecule has 2 heteroatoms. The molecule has 2 nitrogen and oxygen atoms in total. The molecule has 0 aromatic rings. The van der Waals surface area contributed by atoms with Crippen molar-refractivity contribution in [3.8, 4) is 0 Å². The van der Waals surface area contributed by atoms with E-state index < -0.39 is 0 Å². The molecule has 0 fully saturated rings. The molecule has 0 aliphatic carbocycles. The average Bonchev–Trinajstić information content (AvgIpc) is 2.05. The van der Waals surface area contributed by atoms with Crippen molar-refractivity contribution in [2.45, 2.75) is 45.6 Å². The van der Waals surface area contributed by atoms with Gasteiger partial charge in [0.2, 0.25) is 0 Å². The van der Waals surface area contributed by atoms with Crippen LogP contribution in [0.5, 0.6) is 0 Å². The van der Waals surface area contributed by atoms with Crippen LogP contribution in [0.15, 0.2) is 0 Å². The van der Waals surface area contributed by atoms with E-state index in [2.05, 4.69) is 19.2 Å². The molecule has 0 spiro atoms.